The molecule has 7 N–H and O–H groups in total. The average molecular weight is 595 g/mol. The van der Waals surface area contributed by atoms with E-state index in [0.717, 1.165) is 6.42 Å². The van der Waals surface area contributed by atoms with Gasteiger partial charge in [-0.1, -0.05) is 12.1 Å². The van der Waals surface area contributed by atoms with Crippen LogP contribution in [0.15, 0.2) is 35.9 Å². The van der Waals surface area contributed by atoms with Gasteiger partial charge in [-0.05, 0) is 72.9 Å². The Kier molecular flexibility index (Phi) is 7.10. The minimum atomic E-state index is -2.70. The molecule has 2 aromatic carbocycles. The van der Waals surface area contributed by atoms with E-state index in [0.29, 0.717) is 29.7 Å². The predicted octanol–water partition coefficient (Wildman–Crippen LogP) is 1.19. The fourth-order valence-corrected chi connectivity index (χ4v) is 7.15. The van der Waals surface area contributed by atoms with Gasteiger partial charge in [0.25, 0.3) is 0 Å². The van der Waals surface area contributed by atoms with Gasteiger partial charge in [0.05, 0.1) is 11.7 Å². The number of carbonyl (C=O) groups excluding carboxylic acids is 4. The van der Waals surface area contributed by atoms with Crippen molar-refractivity contribution in [2.45, 2.75) is 56.5 Å². The summed E-state index contributed by atoms with van der Waals surface area (Å²) < 4.78 is 19.2. The molecule has 11 nitrogen and oxygen atoms in total. The van der Waals surface area contributed by atoms with E-state index in [1.165, 1.54) is 24.3 Å². The molecule has 0 radical (unpaired) electrons. The molecular formula is C31H31FN2O9. The quantitative estimate of drug-likeness (QED) is 0.276. The number of aliphatic hydroxyl groups is 3. The lowest BCUT2D eigenvalue weighted by Crippen LogP contribution is -2.66. The lowest BCUT2D eigenvalue weighted by atomic mass is 9.56. The van der Waals surface area contributed by atoms with Gasteiger partial charge < -0.3 is 36.2 Å². The Morgan fingerprint density at radius 3 is 2.51 bits per heavy atom. The van der Waals surface area contributed by atoms with Crippen molar-refractivity contribution in [3.63, 3.8) is 0 Å². The number of amides is 2. The number of phenolic OH excluding ortho intramolecular Hbond substituents is 1. The van der Waals surface area contributed by atoms with E-state index in [9.17, 15) is 44.0 Å². The number of nitrogens with two attached hydrogens (primary N) is 1. The molecule has 6 rings (SSSR count). The standard InChI is InChI=1S/C31H31FN2O9/c32-17-5-3-13(4-6-17)18-10-15(12-34-30(41)21-2-1-7-43-21)25(36)23-19(18)9-14-8-16-11-20(35)24(29(33)40)28(39)31(16,42)27(38)22(14)26(23)37/h3-6,10,14,16,20-21,24,35-37,42H,1-2,7-9,11-12H2,(H2,33,40)(H,34,41)/t14-,16+,20?,21?,24?,31+/m1/s1. The first-order valence-electron chi connectivity index (χ1n) is 14.2. The lowest BCUT2D eigenvalue weighted by Gasteiger charge is -2.48. The Hall–Kier alpha value is -4.13. The van der Waals surface area contributed by atoms with Crippen LogP contribution in [0.4, 0.5) is 4.39 Å². The highest BCUT2D eigenvalue weighted by molar-refractivity contribution is 6.24. The maximum atomic E-state index is 13.9. The van der Waals surface area contributed by atoms with Crippen LogP contribution in [0.3, 0.4) is 0 Å². The van der Waals surface area contributed by atoms with Crippen LogP contribution >= 0.6 is 0 Å². The van der Waals surface area contributed by atoms with Gasteiger partial charge in [-0.25, -0.2) is 4.39 Å². The van der Waals surface area contributed by atoms with E-state index in [4.69, 9.17) is 10.5 Å². The second kappa shape index (κ2) is 10.5. The summed E-state index contributed by atoms with van der Waals surface area (Å²) in [5.74, 6) is -8.98. The third-order valence-electron chi connectivity index (χ3n) is 9.29. The minimum Gasteiger partial charge on any atom is -0.507 e. The highest BCUT2D eigenvalue weighted by Gasteiger charge is 2.64. The first kappa shape index (κ1) is 29.0. The number of aliphatic hydroxyl groups excluding tert-OH is 2. The van der Waals surface area contributed by atoms with Gasteiger partial charge in [0.1, 0.15) is 29.3 Å². The van der Waals surface area contributed by atoms with E-state index < -0.39 is 70.4 Å². The molecular weight excluding hydrogens is 563 g/mol. The number of rotatable bonds is 5. The van der Waals surface area contributed by atoms with Crippen LogP contribution in [0.25, 0.3) is 16.9 Å². The molecule has 1 aliphatic heterocycles. The number of nitrogens with one attached hydrogen (secondary N) is 1. The fraction of sp³-hybridized carbons (Fsp3) is 0.419. The number of Topliss-reactive ketones (excluding diaryl/α,β-unsaturated/α-hetero) is 2. The summed E-state index contributed by atoms with van der Waals surface area (Å²) in [7, 11) is 0. The van der Waals surface area contributed by atoms with Crippen molar-refractivity contribution in [3.8, 4) is 16.9 Å². The molecule has 2 aromatic rings. The van der Waals surface area contributed by atoms with Crippen LogP contribution in [-0.4, -0.2) is 68.2 Å². The zero-order valence-corrected chi connectivity index (χ0v) is 23.0. The molecule has 3 unspecified atom stereocenters. The van der Waals surface area contributed by atoms with Crippen LogP contribution in [-0.2, 0) is 36.9 Å². The summed E-state index contributed by atoms with van der Waals surface area (Å²) >= 11 is 0. The summed E-state index contributed by atoms with van der Waals surface area (Å²) in [6, 6.07) is 7.19. The Bertz CT molecular complexity index is 1580. The third-order valence-corrected chi connectivity index (χ3v) is 9.29. The van der Waals surface area contributed by atoms with Gasteiger partial charge in [0.15, 0.2) is 11.4 Å². The maximum Gasteiger partial charge on any atom is 0.249 e. The van der Waals surface area contributed by atoms with E-state index in [2.05, 4.69) is 5.32 Å². The summed E-state index contributed by atoms with van der Waals surface area (Å²) in [5.41, 5.74) is 3.92. The number of primary amides is 1. The predicted molar refractivity (Wildman–Crippen MR) is 147 cm³/mol. The molecule has 6 atom stereocenters. The first-order valence-corrected chi connectivity index (χ1v) is 14.2. The van der Waals surface area contributed by atoms with Crippen molar-refractivity contribution >= 4 is 29.1 Å². The lowest BCUT2D eigenvalue weighted by molar-refractivity contribution is -0.174. The molecule has 43 heavy (non-hydrogen) atoms. The molecule has 1 saturated heterocycles. The molecule has 0 bridgehead atoms. The summed E-state index contributed by atoms with van der Waals surface area (Å²) in [4.78, 5) is 51.7. The molecule has 12 heteroatoms. The number of ketones is 2. The first-order chi connectivity index (χ1) is 20.4. The molecule has 2 amide bonds. The molecule has 4 aliphatic rings. The highest BCUT2D eigenvalue weighted by Crippen LogP contribution is 2.53. The molecule has 3 fully saturated rings. The molecule has 3 aliphatic carbocycles. The van der Waals surface area contributed by atoms with Crippen molar-refractivity contribution in [1.29, 1.82) is 0 Å². The number of aromatic hydroxyl groups is 1. The van der Waals surface area contributed by atoms with Crippen LogP contribution in [0.5, 0.6) is 5.75 Å². The van der Waals surface area contributed by atoms with Crippen molar-refractivity contribution in [2.24, 2.45) is 23.5 Å². The second-order valence-electron chi connectivity index (χ2n) is 11.8. The minimum absolute atomic E-state index is 0.0121. The van der Waals surface area contributed by atoms with E-state index in [1.807, 2.05) is 0 Å². The zero-order valence-electron chi connectivity index (χ0n) is 23.0. The normalized spacial score (nSPS) is 30.0. The van der Waals surface area contributed by atoms with Gasteiger partial charge in [0, 0.05) is 30.2 Å². The summed E-state index contributed by atoms with van der Waals surface area (Å²) in [6.07, 6.45) is -0.949. The molecule has 2 saturated carbocycles. The Labute approximate surface area is 245 Å². The van der Waals surface area contributed by atoms with Crippen LogP contribution < -0.4 is 11.1 Å². The number of ether oxygens (including phenoxy) is 1. The largest absolute Gasteiger partial charge is 0.507 e. The summed E-state index contributed by atoms with van der Waals surface area (Å²) in [6.45, 7) is 0.303. The number of hydrogen-bond donors (Lipinski definition) is 6. The van der Waals surface area contributed by atoms with Crippen molar-refractivity contribution in [3.05, 3.63) is 58.4 Å². The SMILES string of the molecule is NC(=O)C1C(=O)[C@@]2(O)C(=O)C3=C(O)c4c(O)c(CNC(=O)C5CCCO5)cc(-c5ccc(F)cc5)c4C[C@H]3C[C@H]2CC1O. The Morgan fingerprint density at radius 1 is 1.14 bits per heavy atom. The van der Waals surface area contributed by atoms with Crippen molar-refractivity contribution in [2.75, 3.05) is 6.61 Å². The smallest absolute Gasteiger partial charge is 0.249 e. The van der Waals surface area contributed by atoms with Gasteiger partial charge in [-0.2, -0.15) is 0 Å². The van der Waals surface area contributed by atoms with Gasteiger partial charge >= 0.3 is 0 Å². The second-order valence-corrected chi connectivity index (χ2v) is 11.8. The van der Waals surface area contributed by atoms with Crippen LogP contribution in [0.1, 0.15) is 42.4 Å². The van der Waals surface area contributed by atoms with Gasteiger partial charge in [0.2, 0.25) is 17.6 Å². The maximum absolute atomic E-state index is 13.9. The monoisotopic (exact) mass is 594 g/mol. The number of hydrogen-bond acceptors (Lipinski definition) is 9. The van der Waals surface area contributed by atoms with Gasteiger partial charge in [-0.15, -0.1) is 0 Å². The molecule has 0 spiro atoms. The van der Waals surface area contributed by atoms with Crippen molar-refractivity contribution < 1.29 is 48.7 Å². The third kappa shape index (κ3) is 4.52. The van der Waals surface area contributed by atoms with Crippen LogP contribution in [0.2, 0.25) is 0 Å². The van der Waals surface area contributed by atoms with E-state index in [-0.39, 0.29) is 48.4 Å². The average Bonchev–Trinajstić information content (AvgIpc) is 3.50. The molecule has 0 aromatic heterocycles. The van der Waals surface area contributed by atoms with Crippen molar-refractivity contribution in [1.82, 2.24) is 5.32 Å². The van der Waals surface area contributed by atoms with Gasteiger partial charge in [-0.3, -0.25) is 19.2 Å². The zero-order chi connectivity index (χ0) is 30.8. The summed E-state index contributed by atoms with van der Waals surface area (Å²) in [5, 5.41) is 47.7. The number of fused-ring (bicyclic) bond motifs is 3. The fourth-order valence-electron chi connectivity index (χ4n) is 7.15. The number of carbonyl (C=O) groups is 4. The topological polar surface area (TPSA) is 196 Å². The van der Waals surface area contributed by atoms with Crippen LogP contribution in [0, 0.1) is 23.6 Å². The number of benzene rings is 2. The van der Waals surface area contributed by atoms with E-state index in [1.54, 1.807) is 6.07 Å². The number of phenols is 1. The Morgan fingerprint density at radius 2 is 1.86 bits per heavy atom. The Balaban J connectivity index is 1.47. The molecule has 226 valence electrons. The highest BCUT2D eigenvalue weighted by atomic mass is 19.1. The molecule has 1 heterocycles. The van der Waals surface area contributed by atoms with E-state index >= 15 is 0 Å². The number of halogens is 1.